The van der Waals surface area contributed by atoms with E-state index in [9.17, 15) is 8.78 Å². The molecule has 0 aromatic heterocycles. The van der Waals surface area contributed by atoms with Gasteiger partial charge >= 0.3 is 0 Å². The molecule has 1 rings (SSSR count). The summed E-state index contributed by atoms with van der Waals surface area (Å²) in [6.45, 7) is 5.53. The van der Waals surface area contributed by atoms with Gasteiger partial charge in [-0.2, -0.15) is 0 Å². The van der Waals surface area contributed by atoms with E-state index in [0.29, 0.717) is 5.57 Å². The topological polar surface area (TPSA) is 0 Å². The molecule has 0 aliphatic heterocycles. The van der Waals surface area contributed by atoms with Crippen molar-refractivity contribution in [2.45, 2.75) is 27.2 Å². The zero-order valence-corrected chi connectivity index (χ0v) is 8.20. The highest BCUT2D eigenvalue weighted by molar-refractivity contribution is 5.36. The first kappa shape index (κ1) is 10.2. The molecule has 0 saturated carbocycles. The van der Waals surface area contributed by atoms with Crippen LogP contribution in [0.25, 0.3) is 0 Å². The summed E-state index contributed by atoms with van der Waals surface area (Å²) in [5, 5.41) is 0. The average Bonchev–Trinajstić information content (AvgIpc) is 2.19. The Morgan fingerprint density at radius 1 is 1.23 bits per heavy atom. The van der Waals surface area contributed by atoms with Gasteiger partial charge in [0.15, 0.2) is 5.83 Å². The molecule has 0 unspecified atom stereocenters. The minimum absolute atomic E-state index is 0.108. The van der Waals surface area contributed by atoms with Gasteiger partial charge in [0, 0.05) is 6.42 Å². The van der Waals surface area contributed by atoms with Gasteiger partial charge in [-0.1, -0.05) is 31.6 Å². The Hall–Kier alpha value is -0.920. The molecule has 0 radical (unpaired) electrons. The highest BCUT2D eigenvalue weighted by atomic mass is 19.2. The molecule has 0 N–H and O–H groups in total. The van der Waals surface area contributed by atoms with E-state index in [1.807, 2.05) is 19.9 Å². The molecule has 0 nitrogen and oxygen atoms in total. The molecule has 0 spiro atoms. The van der Waals surface area contributed by atoms with Crippen LogP contribution in [0.3, 0.4) is 0 Å². The van der Waals surface area contributed by atoms with Crippen molar-refractivity contribution in [3.8, 4) is 0 Å². The van der Waals surface area contributed by atoms with Crippen LogP contribution in [0, 0.1) is 5.92 Å². The molecule has 0 aromatic rings. The second-order valence-corrected chi connectivity index (χ2v) is 3.64. The SMILES string of the molecule is CC1=CC=C(C(C)C)CC(F)=C1F. The Morgan fingerprint density at radius 3 is 2.38 bits per heavy atom. The number of halogens is 2. The molecule has 0 amide bonds. The number of allylic oxidation sites excluding steroid dienone is 6. The van der Waals surface area contributed by atoms with Crippen molar-refractivity contribution in [1.82, 2.24) is 0 Å². The highest BCUT2D eigenvalue weighted by Crippen LogP contribution is 2.29. The molecule has 2 heteroatoms. The average molecular weight is 184 g/mol. The van der Waals surface area contributed by atoms with Crippen molar-refractivity contribution in [3.05, 3.63) is 35.0 Å². The van der Waals surface area contributed by atoms with Gasteiger partial charge < -0.3 is 0 Å². The van der Waals surface area contributed by atoms with Crippen LogP contribution in [0.15, 0.2) is 35.0 Å². The zero-order valence-electron chi connectivity index (χ0n) is 8.20. The van der Waals surface area contributed by atoms with Gasteiger partial charge in [0.25, 0.3) is 0 Å². The Kier molecular flexibility index (Phi) is 3.02. The lowest BCUT2D eigenvalue weighted by Gasteiger charge is -2.07. The second kappa shape index (κ2) is 3.86. The Morgan fingerprint density at radius 2 is 1.85 bits per heavy atom. The molecule has 0 heterocycles. The maximum atomic E-state index is 13.1. The van der Waals surface area contributed by atoms with Crippen molar-refractivity contribution >= 4 is 0 Å². The van der Waals surface area contributed by atoms with Crippen molar-refractivity contribution in [3.63, 3.8) is 0 Å². The third-order valence-electron chi connectivity index (χ3n) is 2.23. The number of hydrogen-bond acceptors (Lipinski definition) is 0. The van der Waals surface area contributed by atoms with Crippen molar-refractivity contribution in [2.24, 2.45) is 5.92 Å². The molecule has 0 saturated heterocycles. The third-order valence-corrected chi connectivity index (χ3v) is 2.23. The summed E-state index contributed by atoms with van der Waals surface area (Å²) < 4.78 is 26.2. The highest BCUT2D eigenvalue weighted by Gasteiger charge is 2.14. The summed E-state index contributed by atoms with van der Waals surface area (Å²) in [6, 6.07) is 0. The molecule has 1 aliphatic carbocycles. The first-order valence-electron chi connectivity index (χ1n) is 4.44. The first-order chi connectivity index (χ1) is 6.02. The van der Waals surface area contributed by atoms with E-state index in [1.54, 1.807) is 13.0 Å². The van der Waals surface area contributed by atoms with E-state index in [4.69, 9.17) is 0 Å². The fourth-order valence-electron chi connectivity index (χ4n) is 1.23. The van der Waals surface area contributed by atoms with E-state index in [1.165, 1.54) is 0 Å². The minimum atomic E-state index is -0.702. The van der Waals surface area contributed by atoms with Crippen LogP contribution >= 0.6 is 0 Å². The van der Waals surface area contributed by atoms with Gasteiger partial charge in [-0.25, -0.2) is 8.78 Å². The fourth-order valence-corrected chi connectivity index (χ4v) is 1.23. The molecular formula is C11H14F2. The van der Waals surface area contributed by atoms with Gasteiger partial charge in [0.2, 0.25) is 0 Å². The van der Waals surface area contributed by atoms with Crippen LogP contribution in [0.4, 0.5) is 8.78 Å². The monoisotopic (exact) mass is 184 g/mol. The van der Waals surface area contributed by atoms with E-state index in [2.05, 4.69) is 0 Å². The normalized spacial score (nSPS) is 18.6. The van der Waals surface area contributed by atoms with E-state index >= 15 is 0 Å². The van der Waals surface area contributed by atoms with Crippen LogP contribution in [-0.2, 0) is 0 Å². The molecule has 1 aliphatic rings. The van der Waals surface area contributed by atoms with Crippen LogP contribution in [0.2, 0.25) is 0 Å². The molecule has 72 valence electrons. The summed E-state index contributed by atoms with van der Waals surface area (Å²) in [5.74, 6) is -1.08. The third kappa shape index (κ3) is 2.27. The lowest BCUT2D eigenvalue weighted by Crippen LogP contribution is -1.93. The van der Waals surface area contributed by atoms with Crippen molar-refractivity contribution in [2.75, 3.05) is 0 Å². The molecule has 0 bridgehead atoms. The molecule has 0 atom stereocenters. The van der Waals surface area contributed by atoms with Crippen LogP contribution in [0.5, 0.6) is 0 Å². The van der Waals surface area contributed by atoms with E-state index in [-0.39, 0.29) is 12.3 Å². The maximum absolute atomic E-state index is 13.1. The van der Waals surface area contributed by atoms with Crippen LogP contribution < -0.4 is 0 Å². The molecule has 0 aromatic carbocycles. The summed E-state index contributed by atoms with van der Waals surface area (Å²) in [5.41, 5.74) is 1.30. The molecule has 13 heavy (non-hydrogen) atoms. The zero-order chi connectivity index (χ0) is 10.0. The molecule has 0 fully saturated rings. The van der Waals surface area contributed by atoms with Crippen LogP contribution in [0.1, 0.15) is 27.2 Å². The smallest absolute Gasteiger partial charge is 0.157 e. The van der Waals surface area contributed by atoms with Crippen molar-refractivity contribution < 1.29 is 8.78 Å². The Labute approximate surface area is 77.6 Å². The van der Waals surface area contributed by atoms with Gasteiger partial charge in [-0.15, -0.1) is 0 Å². The number of hydrogen-bond donors (Lipinski definition) is 0. The summed E-state index contributed by atoms with van der Waals surface area (Å²) in [7, 11) is 0. The Balaban J connectivity index is 3.02. The number of rotatable bonds is 1. The quantitative estimate of drug-likeness (QED) is 0.576. The largest absolute Gasteiger partial charge is 0.208 e. The first-order valence-corrected chi connectivity index (χ1v) is 4.44. The summed E-state index contributed by atoms with van der Waals surface area (Å²) in [6.07, 6.45) is 3.56. The van der Waals surface area contributed by atoms with Crippen LogP contribution in [-0.4, -0.2) is 0 Å². The van der Waals surface area contributed by atoms with Gasteiger partial charge in [0.05, 0.1) is 0 Å². The Bertz CT molecular complexity index is 288. The lowest BCUT2D eigenvalue weighted by atomic mass is 10.00. The fraction of sp³-hybridized carbons (Fsp3) is 0.455. The standard InChI is InChI=1S/C11H14F2/c1-7(2)9-5-4-8(3)11(13)10(12)6-9/h4-5,7H,6H2,1-3H3. The van der Waals surface area contributed by atoms with Gasteiger partial charge in [0.1, 0.15) is 5.83 Å². The predicted molar refractivity (Wildman–Crippen MR) is 50.5 cm³/mol. The second-order valence-electron chi connectivity index (χ2n) is 3.64. The van der Waals surface area contributed by atoms with E-state index < -0.39 is 11.7 Å². The summed E-state index contributed by atoms with van der Waals surface area (Å²) >= 11 is 0. The van der Waals surface area contributed by atoms with Crippen molar-refractivity contribution in [1.29, 1.82) is 0 Å². The molecular weight excluding hydrogens is 170 g/mol. The predicted octanol–water partition coefficient (Wildman–Crippen LogP) is 4.07. The van der Waals surface area contributed by atoms with E-state index in [0.717, 1.165) is 5.57 Å². The van der Waals surface area contributed by atoms with Gasteiger partial charge in [-0.05, 0) is 18.4 Å². The van der Waals surface area contributed by atoms with Gasteiger partial charge in [-0.3, -0.25) is 0 Å². The summed E-state index contributed by atoms with van der Waals surface area (Å²) in [4.78, 5) is 0. The minimum Gasteiger partial charge on any atom is -0.208 e. The lowest BCUT2D eigenvalue weighted by molar-refractivity contribution is 0.522. The maximum Gasteiger partial charge on any atom is 0.157 e.